The number of thiocarbonyl (C=S) groups is 1. The predicted molar refractivity (Wildman–Crippen MR) is 101 cm³/mol. The average molecular weight is 391 g/mol. The first-order valence-electron chi connectivity index (χ1n) is 7.66. The largest absolute Gasteiger partial charge is 0.360 e. The number of halogens is 1. The Labute approximate surface area is 158 Å². The average Bonchev–Trinajstić information content (AvgIpc) is 3.11. The van der Waals surface area contributed by atoms with Gasteiger partial charge in [0, 0.05) is 19.0 Å². The summed E-state index contributed by atoms with van der Waals surface area (Å²) < 4.78 is 18.2. The number of rotatable bonds is 5. The van der Waals surface area contributed by atoms with Gasteiger partial charge in [-0.05, 0) is 30.7 Å². The molecule has 0 radical (unpaired) electrons. The maximum absolute atomic E-state index is 13.0. The van der Waals surface area contributed by atoms with Crippen LogP contribution in [0.25, 0.3) is 6.08 Å². The van der Waals surface area contributed by atoms with E-state index in [-0.39, 0.29) is 30.6 Å². The molecule has 26 heavy (non-hydrogen) atoms. The lowest BCUT2D eigenvalue weighted by molar-refractivity contribution is -0.122. The Balaban J connectivity index is 1.60. The Morgan fingerprint density at radius 3 is 2.81 bits per heavy atom. The van der Waals surface area contributed by atoms with Crippen molar-refractivity contribution in [2.75, 3.05) is 11.9 Å². The van der Waals surface area contributed by atoms with Crippen LogP contribution in [0.2, 0.25) is 0 Å². The topological polar surface area (TPSA) is 75.4 Å². The van der Waals surface area contributed by atoms with Crippen molar-refractivity contribution >= 4 is 52.0 Å². The van der Waals surface area contributed by atoms with Gasteiger partial charge in [-0.2, -0.15) is 0 Å². The second-order valence-corrected chi connectivity index (χ2v) is 7.18. The van der Waals surface area contributed by atoms with E-state index in [1.807, 2.05) is 0 Å². The third-order valence-corrected chi connectivity index (χ3v) is 4.88. The van der Waals surface area contributed by atoms with Crippen LogP contribution in [0.15, 0.2) is 39.8 Å². The van der Waals surface area contributed by atoms with Crippen LogP contribution in [0.4, 0.5) is 10.2 Å². The number of amides is 2. The first-order valence-corrected chi connectivity index (χ1v) is 8.89. The summed E-state index contributed by atoms with van der Waals surface area (Å²) in [6.07, 6.45) is 1.72. The highest BCUT2D eigenvalue weighted by Gasteiger charge is 2.32. The minimum atomic E-state index is -0.344. The van der Waals surface area contributed by atoms with Gasteiger partial charge in [-0.1, -0.05) is 41.3 Å². The summed E-state index contributed by atoms with van der Waals surface area (Å²) in [5.74, 6) is 0.00422. The Morgan fingerprint density at radius 2 is 2.15 bits per heavy atom. The summed E-state index contributed by atoms with van der Waals surface area (Å²) in [5.41, 5.74) is 0.700. The highest BCUT2D eigenvalue weighted by molar-refractivity contribution is 8.26. The van der Waals surface area contributed by atoms with E-state index in [1.165, 1.54) is 17.0 Å². The molecule has 1 saturated heterocycles. The minimum Gasteiger partial charge on any atom is -0.360 e. The fraction of sp³-hybridized carbons (Fsp3) is 0.176. The van der Waals surface area contributed by atoms with Crippen LogP contribution in [-0.4, -0.2) is 32.7 Å². The van der Waals surface area contributed by atoms with Gasteiger partial charge in [-0.25, -0.2) is 4.39 Å². The van der Waals surface area contributed by atoms with Gasteiger partial charge < -0.3 is 9.84 Å². The fourth-order valence-corrected chi connectivity index (χ4v) is 3.56. The van der Waals surface area contributed by atoms with Crippen molar-refractivity contribution < 1.29 is 18.5 Å². The third kappa shape index (κ3) is 4.36. The maximum Gasteiger partial charge on any atom is 0.266 e. The van der Waals surface area contributed by atoms with Crippen molar-refractivity contribution in [2.24, 2.45) is 0 Å². The molecule has 1 aliphatic heterocycles. The lowest BCUT2D eigenvalue weighted by Crippen LogP contribution is -2.31. The molecule has 1 fully saturated rings. The van der Waals surface area contributed by atoms with Crippen molar-refractivity contribution in [1.29, 1.82) is 0 Å². The van der Waals surface area contributed by atoms with Crippen LogP contribution in [0.5, 0.6) is 0 Å². The van der Waals surface area contributed by atoms with Gasteiger partial charge in [0.25, 0.3) is 5.91 Å². The Kier molecular flexibility index (Phi) is 5.48. The van der Waals surface area contributed by atoms with Gasteiger partial charge in [-0.15, -0.1) is 0 Å². The molecule has 134 valence electrons. The molecule has 0 atom stereocenters. The molecule has 3 rings (SSSR count). The molecular formula is C17H14FN3O3S2. The molecule has 0 spiro atoms. The zero-order valence-corrected chi connectivity index (χ0v) is 15.3. The van der Waals surface area contributed by atoms with E-state index in [0.717, 1.165) is 11.8 Å². The van der Waals surface area contributed by atoms with Crippen molar-refractivity contribution in [1.82, 2.24) is 10.1 Å². The second-order valence-electron chi connectivity index (χ2n) is 5.51. The van der Waals surface area contributed by atoms with Crippen LogP contribution in [0.3, 0.4) is 0 Å². The lowest BCUT2D eigenvalue weighted by atomic mass is 10.2. The van der Waals surface area contributed by atoms with Gasteiger partial charge >= 0.3 is 0 Å². The predicted octanol–water partition coefficient (Wildman–Crippen LogP) is 3.35. The number of thioether (sulfide) groups is 1. The first kappa shape index (κ1) is 18.3. The van der Waals surface area contributed by atoms with Crippen molar-refractivity contribution in [3.05, 3.63) is 52.4 Å². The molecule has 1 N–H and O–H groups in total. The molecular weight excluding hydrogens is 377 g/mol. The highest BCUT2D eigenvalue weighted by Crippen LogP contribution is 2.32. The van der Waals surface area contributed by atoms with E-state index in [1.54, 1.807) is 31.2 Å². The van der Waals surface area contributed by atoms with E-state index in [0.29, 0.717) is 26.4 Å². The highest BCUT2D eigenvalue weighted by atomic mass is 32.2. The maximum atomic E-state index is 13.0. The summed E-state index contributed by atoms with van der Waals surface area (Å²) in [7, 11) is 0. The van der Waals surface area contributed by atoms with E-state index >= 15 is 0 Å². The molecule has 0 bridgehead atoms. The first-order chi connectivity index (χ1) is 12.4. The zero-order valence-electron chi connectivity index (χ0n) is 13.7. The number of aromatic nitrogens is 1. The van der Waals surface area contributed by atoms with Gasteiger partial charge in [0.05, 0.1) is 4.91 Å². The van der Waals surface area contributed by atoms with Gasteiger partial charge in [0.2, 0.25) is 5.91 Å². The third-order valence-electron chi connectivity index (χ3n) is 3.50. The molecule has 0 saturated carbocycles. The van der Waals surface area contributed by atoms with E-state index in [2.05, 4.69) is 10.5 Å². The minimum absolute atomic E-state index is 0.0716. The number of hydrogen-bond acceptors (Lipinski definition) is 6. The number of aryl methyl sites for hydroxylation is 1. The number of benzene rings is 1. The number of nitrogens with zero attached hydrogens (tertiary/aromatic N) is 2. The molecule has 2 amide bonds. The number of nitrogens with one attached hydrogen (secondary N) is 1. The lowest BCUT2D eigenvalue weighted by Gasteiger charge is -2.13. The van der Waals surface area contributed by atoms with Gasteiger partial charge in [0.15, 0.2) is 5.82 Å². The molecule has 1 aliphatic rings. The summed E-state index contributed by atoms with van der Waals surface area (Å²) in [5, 5.41) is 6.27. The molecule has 6 nitrogen and oxygen atoms in total. The second kappa shape index (κ2) is 7.79. The van der Waals surface area contributed by atoms with Crippen LogP contribution >= 0.6 is 24.0 Å². The smallest absolute Gasteiger partial charge is 0.266 e. The monoisotopic (exact) mass is 391 g/mol. The van der Waals surface area contributed by atoms with Crippen LogP contribution in [0, 0.1) is 12.7 Å². The van der Waals surface area contributed by atoms with E-state index in [4.69, 9.17) is 16.7 Å². The van der Waals surface area contributed by atoms with Gasteiger partial charge in [-0.3, -0.25) is 14.5 Å². The normalized spacial score (nSPS) is 15.8. The molecule has 9 heteroatoms. The molecule has 1 aromatic heterocycles. The Hall–Kier alpha value is -2.52. The molecule has 0 unspecified atom stereocenters. The van der Waals surface area contributed by atoms with Crippen molar-refractivity contribution in [3.63, 3.8) is 0 Å². The summed E-state index contributed by atoms with van der Waals surface area (Å²) in [6, 6.07) is 7.40. The molecule has 2 heterocycles. The van der Waals surface area contributed by atoms with Crippen LogP contribution in [0.1, 0.15) is 17.7 Å². The summed E-state index contributed by atoms with van der Waals surface area (Å²) >= 11 is 6.38. The molecule has 2 aromatic rings. The Morgan fingerprint density at radius 1 is 1.42 bits per heavy atom. The SMILES string of the molecule is Cc1cc(NC(=O)CCN2C(=O)/C(=C/c3ccc(F)cc3)SC2=S)no1. The van der Waals surface area contributed by atoms with Crippen LogP contribution in [-0.2, 0) is 9.59 Å². The quantitative estimate of drug-likeness (QED) is 0.622. The van der Waals surface area contributed by atoms with Gasteiger partial charge in [0.1, 0.15) is 15.9 Å². The van der Waals surface area contributed by atoms with Crippen molar-refractivity contribution in [2.45, 2.75) is 13.3 Å². The Bertz CT molecular complexity index is 893. The molecule has 1 aromatic carbocycles. The molecule has 0 aliphatic carbocycles. The number of anilines is 1. The summed E-state index contributed by atoms with van der Waals surface area (Å²) in [6.45, 7) is 1.88. The zero-order chi connectivity index (χ0) is 18.7. The fourth-order valence-electron chi connectivity index (χ4n) is 2.25. The van der Waals surface area contributed by atoms with E-state index < -0.39 is 0 Å². The van der Waals surface area contributed by atoms with E-state index in [9.17, 15) is 14.0 Å². The van der Waals surface area contributed by atoms with Crippen molar-refractivity contribution in [3.8, 4) is 0 Å². The number of carbonyl (C=O) groups is 2. The number of hydrogen-bond donors (Lipinski definition) is 1. The van der Waals surface area contributed by atoms with Crippen LogP contribution < -0.4 is 5.32 Å². The standard InChI is InChI=1S/C17H14FN3O3S2/c1-10-8-14(20-24-10)19-15(22)6-7-21-16(23)13(26-17(21)25)9-11-2-4-12(18)5-3-11/h2-5,8-9H,6-7H2,1H3,(H,19,20,22)/b13-9-. The summed E-state index contributed by atoms with van der Waals surface area (Å²) in [4.78, 5) is 26.3. The number of carbonyl (C=O) groups excluding carboxylic acids is 2.